The van der Waals surface area contributed by atoms with Crippen LogP contribution in [0.25, 0.3) is 0 Å². The molecule has 0 bridgehead atoms. The van der Waals surface area contributed by atoms with Crippen molar-refractivity contribution in [2.45, 2.75) is 25.6 Å². The number of hydrogen-bond acceptors (Lipinski definition) is 7. The summed E-state index contributed by atoms with van der Waals surface area (Å²) in [6, 6.07) is 11.0. The minimum Gasteiger partial charge on any atom is -0.396 e. The summed E-state index contributed by atoms with van der Waals surface area (Å²) in [5.74, 6) is 0. The minimum absolute atomic E-state index is 0.242. The first-order valence-electron chi connectivity index (χ1n) is 10.2. The largest absolute Gasteiger partial charge is 0.396 e. The van der Waals surface area contributed by atoms with Crippen molar-refractivity contribution < 1.29 is 9.84 Å². The molecule has 0 spiro atoms. The van der Waals surface area contributed by atoms with Crippen LogP contribution in [-0.4, -0.2) is 78.5 Å². The molecule has 0 saturated carbocycles. The van der Waals surface area contributed by atoms with Crippen LogP contribution in [0.2, 0.25) is 0 Å². The van der Waals surface area contributed by atoms with Crippen LogP contribution in [-0.2, 0) is 17.8 Å². The quantitative estimate of drug-likeness (QED) is 0.765. The summed E-state index contributed by atoms with van der Waals surface area (Å²) in [5, 5.41) is 10.7. The molecule has 1 atom stereocenters. The third-order valence-corrected chi connectivity index (χ3v) is 6.62. The average molecular weight is 403 g/mol. The highest BCUT2D eigenvalue weighted by molar-refractivity contribution is 7.15. The first-order chi connectivity index (χ1) is 13.8. The van der Waals surface area contributed by atoms with Crippen LogP contribution in [0.15, 0.2) is 36.5 Å². The molecule has 4 rings (SSSR count). The van der Waals surface area contributed by atoms with Crippen molar-refractivity contribution >= 4 is 16.5 Å². The number of aliphatic hydroxyl groups excluding tert-OH is 1. The molecule has 1 aromatic heterocycles. The zero-order valence-electron chi connectivity index (χ0n) is 16.4. The Bertz CT molecular complexity index is 720. The monoisotopic (exact) mass is 402 g/mol. The van der Waals surface area contributed by atoms with Crippen LogP contribution in [0.4, 0.5) is 5.13 Å². The Morgan fingerprint density at radius 1 is 1.07 bits per heavy atom. The van der Waals surface area contributed by atoms with Gasteiger partial charge in [0.2, 0.25) is 0 Å². The van der Waals surface area contributed by atoms with Gasteiger partial charge < -0.3 is 14.7 Å². The molecule has 2 aliphatic rings. The highest BCUT2D eigenvalue weighted by atomic mass is 32.1. The zero-order valence-corrected chi connectivity index (χ0v) is 17.2. The molecule has 152 valence electrons. The van der Waals surface area contributed by atoms with Crippen LogP contribution < -0.4 is 4.90 Å². The number of hydrogen-bond donors (Lipinski definition) is 1. The second kappa shape index (κ2) is 9.80. The average Bonchev–Trinajstić information content (AvgIpc) is 3.20. The van der Waals surface area contributed by atoms with E-state index in [1.807, 2.05) is 6.20 Å². The van der Waals surface area contributed by atoms with Crippen molar-refractivity contribution in [1.82, 2.24) is 14.8 Å². The lowest BCUT2D eigenvalue weighted by Crippen LogP contribution is -2.52. The molecule has 6 nitrogen and oxygen atoms in total. The van der Waals surface area contributed by atoms with Gasteiger partial charge in [-0.3, -0.25) is 9.80 Å². The van der Waals surface area contributed by atoms with E-state index in [9.17, 15) is 5.11 Å². The number of ether oxygens (including phenoxy) is 1. The molecular weight excluding hydrogens is 372 g/mol. The summed E-state index contributed by atoms with van der Waals surface area (Å²) in [6.07, 6.45) is 2.86. The molecule has 2 saturated heterocycles. The number of anilines is 1. The molecule has 2 fully saturated rings. The fraction of sp³-hybridized carbons (Fsp3) is 0.571. The number of nitrogens with zero attached hydrogens (tertiary/aromatic N) is 4. The molecule has 1 N–H and O–H groups in total. The molecule has 28 heavy (non-hydrogen) atoms. The van der Waals surface area contributed by atoms with E-state index in [1.54, 1.807) is 11.3 Å². The molecule has 2 aromatic rings. The van der Waals surface area contributed by atoms with Crippen LogP contribution >= 0.6 is 11.3 Å². The molecule has 2 aliphatic heterocycles. The number of benzene rings is 1. The van der Waals surface area contributed by atoms with E-state index in [4.69, 9.17) is 4.74 Å². The van der Waals surface area contributed by atoms with Crippen LogP contribution in [0.1, 0.15) is 16.9 Å². The van der Waals surface area contributed by atoms with Gasteiger partial charge in [-0.15, -0.1) is 11.3 Å². The highest BCUT2D eigenvalue weighted by Crippen LogP contribution is 2.26. The maximum atomic E-state index is 9.56. The third-order valence-electron chi connectivity index (χ3n) is 5.58. The molecular formula is C21H30N4O2S. The lowest BCUT2D eigenvalue weighted by atomic mass is 10.1. The number of thiazole rings is 1. The molecule has 0 aliphatic carbocycles. The fourth-order valence-electron chi connectivity index (χ4n) is 4.04. The zero-order chi connectivity index (χ0) is 19.2. The van der Waals surface area contributed by atoms with Gasteiger partial charge in [0, 0.05) is 69.5 Å². The number of aliphatic hydroxyl groups is 1. The molecule has 0 unspecified atom stereocenters. The molecule has 3 heterocycles. The van der Waals surface area contributed by atoms with E-state index in [1.165, 1.54) is 10.4 Å². The molecule has 0 amide bonds. The Hall–Kier alpha value is -1.51. The Balaban J connectivity index is 1.34. The first kappa shape index (κ1) is 19.8. The van der Waals surface area contributed by atoms with Crippen molar-refractivity contribution in [3.8, 4) is 0 Å². The van der Waals surface area contributed by atoms with E-state index >= 15 is 0 Å². The summed E-state index contributed by atoms with van der Waals surface area (Å²) in [7, 11) is 0. The topological polar surface area (TPSA) is 52.1 Å². The van der Waals surface area contributed by atoms with Gasteiger partial charge >= 0.3 is 0 Å². The van der Waals surface area contributed by atoms with Gasteiger partial charge in [0.25, 0.3) is 0 Å². The Labute approximate surface area is 171 Å². The number of rotatable bonds is 7. The summed E-state index contributed by atoms with van der Waals surface area (Å²) in [4.78, 5) is 13.3. The summed E-state index contributed by atoms with van der Waals surface area (Å²) < 4.78 is 5.44. The summed E-state index contributed by atoms with van der Waals surface area (Å²) >= 11 is 1.81. The van der Waals surface area contributed by atoms with Crippen molar-refractivity contribution in [3.63, 3.8) is 0 Å². The van der Waals surface area contributed by atoms with E-state index in [-0.39, 0.29) is 6.61 Å². The Kier molecular flexibility index (Phi) is 6.93. The Morgan fingerprint density at radius 3 is 2.68 bits per heavy atom. The molecule has 1 aromatic carbocycles. The van der Waals surface area contributed by atoms with Gasteiger partial charge in [0.1, 0.15) is 0 Å². The van der Waals surface area contributed by atoms with Crippen molar-refractivity contribution in [2.75, 3.05) is 57.4 Å². The van der Waals surface area contributed by atoms with E-state index in [0.717, 1.165) is 70.6 Å². The number of piperazine rings is 1. The molecule has 7 heteroatoms. The van der Waals surface area contributed by atoms with Crippen LogP contribution in [0.5, 0.6) is 0 Å². The van der Waals surface area contributed by atoms with Crippen LogP contribution in [0, 0.1) is 0 Å². The van der Waals surface area contributed by atoms with E-state index in [2.05, 4.69) is 50.0 Å². The fourth-order valence-corrected chi connectivity index (χ4v) is 5.05. The second-order valence-electron chi connectivity index (χ2n) is 7.57. The minimum atomic E-state index is 0.242. The van der Waals surface area contributed by atoms with Gasteiger partial charge in [-0.25, -0.2) is 4.98 Å². The number of morpholine rings is 1. The second-order valence-corrected chi connectivity index (χ2v) is 8.66. The maximum Gasteiger partial charge on any atom is 0.185 e. The van der Waals surface area contributed by atoms with Gasteiger partial charge in [0.15, 0.2) is 5.13 Å². The SMILES string of the molecule is OCC[C@@H]1CN(Cc2cnc(N3CCOCC3)s2)CCN1Cc1ccccc1. The normalized spacial score (nSPS) is 21.9. The van der Waals surface area contributed by atoms with E-state index in [0.29, 0.717) is 6.04 Å². The summed E-state index contributed by atoms with van der Waals surface area (Å²) in [5.41, 5.74) is 1.34. The van der Waals surface area contributed by atoms with Gasteiger partial charge in [-0.1, -0.05) is 30.3 Å². The lowest BCUT2D eigenvalue weighted by molar-refractivity contribution is 0.0504. The summed E-state index contributed by atoms with van der Waals surface area (Å²) in [6.45, 7) is 8.69. The molecule has 0 radical (unpaired) electrons. The Morgan fingerprint density at radius 2 is 1.89 bits per heavy atom. The smallest absolute Gasteiger partial charge is 0.185 e. The van der Waals surface area contributed by atoms with Crippen LogP contribution in [0.3, 0.4) is 0 Å². The van der Waals surface area contributed by atoms with Gasteiger partial charge in [0.05, 0.1) is 13.2 Å². The predicted molar refractivity (Wildman–Crippen MR) is 113 cm³/mol. The van der Waals surface area contributed by atoms with Crippen molar-refractivity contribution in [1.29, 1.82) is 0 Å². The van der Waals surface area contributed by atoms with E-state index < -0.39 is 0 Å². The maximum absolute atomic E-state index is 9.56. The standard InChI is InChI=1S/C21H30N4O2S/c26-11-6-19-16-23(7-8-25(19)15-18-4-2-1-3-5-18)17-20-14-22-21(28-20)24-9-12-27-13-10-24/h1-5,14,19,26H,6-13,15-17H2/t19-/m1/s1. The number of aromatic nitrogens is 1. The van der Waals surface area contributed by atoms with Crippen molar-refractivity contribution in [2.24, 2.45) is 0 Å². The van der Waals surface area contributed by atoms with Gasteiger partial charge in [-0.2, -0.15) is 0 Å². The van der Waals surface area contributed by atoms with Crippen molar-refractivity contribution in [3.05, 3.63) is 47.0 Å². The third kappa shape index (κ3) is 5.10. The predicted octanol–water partition coefficient (Wildman–Crippen LogP) is 2.05. The van der Waals surface area contributed by atoms with Gasteiger partial charge in [-0.05, 0) is 12.0 Å². The lowest BCUT2D eigenvalue weighted by Gasteiger charge is -2.41. The highest BCUT2D eigenvalue weighted by Gasteiger charge is 2.27. The first-order valence-corrected chi connectivity index (χ1v) is 11.0.